The molecule has 23 heavy (non-hydrogen) atoms. The zero-order chi connectivity index (χ0) is 16.4. The molecule has 1 aromatic rings. The molecule has 0 amide bonds. The lowest BCUT2D eigenvalue weighted by Crippen LogP contribution is -2.42. The molecule has 1 heterocycles. The standard InChI is InChI=1S/C16H32N6.HI/c1-6-17-16(20-14(5)10-8-9-13(3)4)18-11-15-21-19-12-22(15)7-2;/h12-14H,6-11H2,1-5H3,(H2,17,18,20);1H. The first-order chi connectivity index (χ1) is 10.6. The van der Waals surface area contributed by atoms with Gasteiger partial charge in [-0.15, -0.1) is 34.2 Å². The van der Waals surface area contributed by atoms with E-state index in [4.69, 9.17) is 0 Å². The van der Waals surface area contributed by atoms with Crippen molar-refractivity contribution in [2.45, 2.75) is 73.0 Å². The zero-order valence-electron chi connectivity index (χ0n) is 15.2. The Morgan fingerprint density at radius 3 is 2.61 bits per heavy atom. The molecule has 0 aliphatic heterocycles. The molecule has 1 atom stereocenters. The van der Waals surface area contributed by atoms with Crippen molar-refractivity contribution in [3.05, 3.63) is 12.2 Å². The van der Waals surface area contributed by atoms with Crippen LogP contribution in [0.15, 0.2) is 11.3 Å². The highest BCUT2D eigenvalue weighted by atomic mass is 127. The minimum Gasteiger partial charge on any atom is -0.357 e. The number of rotatable bonds is 9. The first-order valence-corrected chi connectivity index (χ1v) is 8.48. The molecule has 0 bridgehead atoms. The van der Waals surface area contributed by atoms with Gasteiger partial charge in [-0.25, -0.2) is 4.99 Å². The molecule has 6 nitrogen and oxygen atoms in total. The van der Waals surface area contributed by atoms with E-state index in [1.807, 2.05) is 4.57 Å². The molecule has 1 unspecified atom stereocenters. The summed E-state index contributed by atoms with van der Waals surface area (Å²) in [7, 11) is 0. The maximum absolute atomic E-state index is 4.62. The zero-order valence-corrected chi connectivity index (χ0v) is 17.5. The van der Waals surface area contributed by atoms with E-state index < -0.39 is 0 Å². The van der Waals surface area contributed by atoms with Gasteiger partial charge in [-0.2, -0.15) is 0 Å². The lowest BCUT2D eigenvalue weighted by Gasteiger charge is -2.18. The van der Waals surface area contributed by atoms with Crippen LogP contribution in [0.5, 0.6) is 0 Å². The van der Waals surface area contributed by atoms with Crippen molar-refractivity contribution < 1.29 is 0 Å². The monoisotopic (exact) mass is 436 g/mol. The summed E-state index contributed by atoms with van der Waals surface area (Å²) in [6.45, 7) is 13.2. The van der Waals surface area contributed by atoms with Crippen LogP contribution in [-0.2, 0) is 13.1 Å². The summed E-state index contributed by atoms with van der Waals surface area (Å²) in [5.74, 6) is 2.52. The highest BCUT2D eigenvalue weighted by Gasteiger charge is 2.07. The molecule has 0 aromatic carbocycles. The Bertz CT molecular complexity index is 444. The third-order valence-corrected chi connectivity index (χ3v) is 3.56. The van der Waals surface area contributed by atoms with Crippen molar-refractivity contribution in [3.8, 4) is 0 Å². The van der Waals surface area contributed by atoms with Crippen molar-refractivity contribution in [1.82, 2.24) is 25.4 Å². The van der Waals surface area contributed by atoms with Crippen LogP contribution in [0.3, 0.4) is 0 Å². The molecule has 0 spiro atoms. The van der Waals surface area contributed by atoms with Crippen LogP contribution in [0.4, 0.5) is 0 Å². The summed E-state index contributed by atoms with van der Waals surface area (Å²) < 4.78 is 2.01. The first kappa shape index (κ1) is 22.1. The van der Waals surface area contributed by atoms with Gasteiger partial charge in [0.1, 0.15) is 12.9 Å². The fraction of sp³-hybridized carbons (Fsp3) is 0.812. The number of hydrogen-bond acceptors (Lipinski definition) is 3. The Morgan fingerprint density at radius 2 is 2.00 bits per heavy atom. The van der Waals surface area contributed by atoms with E-state index in [1.165, 1.54) is 12.8 Å². The fourth-order valence-electron chi connectivity index (χ4n) is 2.27. The Morgan fingerprint density at radius 1 is 1.26 bits per heavy atom. The number of aromatic nitrogens is 3. The summed E-state index contributed by atoms with van der Waals surface area (Å²) in [5, 5.41) is 14.8. The Labute approximate surface area is 158 Å². The minimum absolute atomic E-state index is 0. The van der Waals surface area contributed by atoms with Gasteiger partial charge in [0, 0.05) is 19.1 Å². The average Bonchev–Trinajstić information content (AvgIpc) is 2.92. The highest BCUT2D eigenvalue weighted by Crippen LogP contribution is 2.08. The second-order valence-corrected chi connectivity index (χ2v) is 6.10. The topological polar surface area (TPSA) is 67.1 Å². The van der Waals surface area contributed by atoms with Crippen LogP contribution in [0.2, 0.25) is 0 Å². The van der Waals surface area contributed by atoms with Crippen molar-refractivity contribution in [3.63, 3.8) is 0 Å². The number of nitrogens with one attached hydrogen (secondary N) is 2. The lowest BCUT2D eigenvalue weighted by molar-refractivity contribution is 0.491. The number of hydrogen-bond donors (Lipinski definition) is 2. The molecule has 0 aliphatic carbocycles. The summed E-state index contributed by atoms with van der Waals surface area (Å²) in [6, 6.07) is 0.417. The third-order valence-electron chi connectivity index (χ3n) is 3.56. The highest BCUT2D eigenvalue weighted by molar-refractivity contribution is 14.0. The van der Waals surface area contributed by atoms with E-state index >= 15 is 0 Å². The van der Waals surface area contributed by atoms with Gasteiger partial charge in [0.2, 0.25) is 0 Å². The summed E-state index contributed by atoms with van der Waals surface area (Å²) in [4.78, 5) is 4.62. The average molecular weight is 436 g/mol. The molecule has 7 heteroatoms. The second kappa shape index (κ2) is 12.5. The van der Waals surface area contributed by atoms with Crippen LogP contribution in [0.25, 0.3) is 0 Å². The summed E-state index contributed by atoms with van der Waals surface area (Å²) in [6.07, 6.45) is 5.43. The van der Waals surface area contributed by atoms with Gasteiger partial charge in [0.25, 0.3) is 0 Å². The largest absolute Gasteiger partial charge is 0.357 e. The Hall–Kier alpha value is -0.860. The molecule has 2 N–H and O–H groups in total. The van der Waals surface area contributed by atoms with Crippen LogP contribution >= 0.6 is 24.0 Å². The van der Waals surface area contributed by atoms with Crippen molar-refractivity contribution >= 4 is 29.9 Å². The van der Waals surface area contributed by atoms with Gasteiger partial charge < -0.3 is 15.2 Å². The molecule has 0 radical (unpaired) electrons. The predicted octanol–water partition coefficient (Wildman–Crippen LogP) is 3.19. The van der Waals surface area contributed by atoms with Gasteiger partial charge in [-0.1, -0.05) is 26.7 Å². The molecule has 0 saturated heterocycles. The molecular formula is C16H33IN6. The second-order valence-electron chi connectivity index (χ2n) is 6.10. The molecule has 1 aromatic heterocycles. The number of nitrogens with zero attached hydrogens (tertiary/aromatic N) is 4. The van der Waals surface area contributed by atoms with Crippen LogP contribution < -0.4 is 10.6 Å². The van der Waals surface area contributed by atoms with Crippen LogP contribution in [0.1, 0.15) is 59.7 Å². The Kier molecular flexibility index (Phi) is 12.1. The van der Waals surface area contributed by atoms with Crippen molar-refractivity contribution in [2.75, 3.05) is 6.54 Å². The van der Waals surface area contributed by atoms with Crippen LogP contribution in [-0.4, -0.2) is 33.3 Å². The van der Waals surface area contributed by atoms with E-state index in [-0.39, 0.29) is 24.0 Å². The van der Waals surface area contributed by atoms with E-state index in [0.29, 0.717) is 12.6 Å². The van der Waals surface area contributed by atoms with E-state index in [0.717, 1.165) is 37.2 Å². The summed E-state index contributed by atoms with van der Waals surface area (Å²) in [5.41, 5.74) is 0. The molecule has 134 valence electrons. The first-order valence-electron chi connectivity index (χ1n) is 8.48. The maximum Gasteiger partial charge on any atom is 0.191 e. The SMILES string of the molecule is CCNC(=NCc1nncn1CC)NC(C)CCCC(C)C.I. The fourth-order valence-corrected chi connectivity index (χ4v) is 2.27. The van der Waals surface area contributed by atoms with Gasteiger partial charge in [-0.05, 0) is 33.1 Å². The molecular weight excluding hydrogens is 403 g/mol. The number of halogens is 1. The smallest absolute Gasteiger partial charge is 0.191 e. The molecule has 0 saturated carbocycles. The number of guanidine groups is 1. The Balaban J connectivity index is 0.00000484. The maximum atomic E-state index is 4.62. The predicted molar refractivity (Wildman–Crippen MR) is 107 cm³/mol. The van der Waals surface area contributed by atoms with Gasteiger partial charge >= 0.3 is 0 Å². The van der Waals surface area contributed by atoms with E-state index in [1.54, 1.807) is 6.33 Å². The van der Waals surface area contributed by atoms with Gasteiger partial charge in [0.05, 0.1) is 0 Å². The van der Waals surface area contributed by atoms with Crippen molar-refractivity contribution in [1.29, 1.82) is 0 Å². The van der Waals surface area contributed by atoms with Crippen molar-refractivity contribution in [2.24, 2.45) is 10.9 Å². The quantitative estimate of drug-likeness (QED) is 0.355. The normalized spacial score (nSPS) is 12.9. The van der Waals surface area contributed by atoms with Crippen LogP contribution in [0, 0.1) is 5.92 Å². The third kappa shape index (κ3) is 9.12. The molecule has 1 rings (SSSR count). The minimum atomic E-state index is 0. The number of aliphatic imine (C=N–C) groups is 1. The molecule has 0 fully saturated rings. The van der Waals surface area contributed by atoms with E-state index in [2.05, 4.69) is 60.4 Å². The lowest BCUT2D eigenvalue weighted by atomic mass is 10.0. The summed E-state index contributed by atoms with van der Waals surface area (Å²) >= 11 is 0. The van der Waals surface area contributed by atoms with E-state index in [9.17, 15) is 0 Å². The molecule has 0 aliphatic rings. The number of aryl methyl sites for hydroxylation is 1. The van der Waals surface area contributed by atoms with Gasteiger partial charge in [0.15, 0.2) is 11.8 Å². The van der Waals surface area contributed by atoms with Gasteiger partial charge in [-0.3, -0.25) is 0 Å².